The maximum atomic E-state index is 10.4. The monoisotopic (exact) mass is 243 g/mol. The molecule has 0 amide bonds. The van der Waals surface area contributed by atoms with Gasteiger partial charge in [0, 0.05) is 19.5 Å². The summed E-state index contributed by atoms with van der Waals surface area (Å²) < 4.78 is 6.00. The molecule has 0 aliphatic carbocycles. The van der Waals surface area contributed by atoms with Crippen molar-refractivity contribution in [3.63, 3.8) is 0 Å². The predicted molar refractivity (Wildman–Crippen MR) is 67.2 cm³/mol. The Hall–Kier alpha value is -0.610. The highest BCUT2D eigenvalue weighted by Gasteiger charge is 2.37. The molecule has 1 aliphatic rings. The summed E-state index contributed by atoms with van der Waals surface area (Å²) in [5.41, 5.74) is -0.233. The first-order valence-electron chi connectivity index (χ1n) is 6.35. The van der Waals surface area contributed by atoms with Crippen LogP contribution in [0.15, 0.2) is 0 Å². The van der Waals surface area contributed by atoms with Crippen LogP contribution in [0, 0.1) is 0 Å². The summed E-state index contributed by atoms with van der Waals surface area (Å²) in [6.07, 6.45) is 1.98. The van der Waals surface area contributed by atoms with Gasteiger partial charge >= 0.3 is 5.97 Å². The number of unbranched alkanes of at least 4 members (excludes halogenated alkanes) is 1. The third-order valence-corrected chi connectivity index (χ3v) is 2.88. The van der Waals surface area contributed by atoms with Crippen LogP contribution in [-0.2, 0) is 9.53 Å². The fourth-order valence-corrected chi connectivity index (χ4v) is 2.72. The number of carboxylic acid groups (broad SMARTS) is 1. The first-order valence-corrected chi connectivity index (χ1v) is 6.35. The fraction of sp³-hybridized carbons (Fsp3) is 0.923. The molecule has 1 N–H and O–H groups in total. The zero-order chi connectivity index (χ0) is 13.1. The van der Waals surface area contributed by atoms with Gasteiger partial charge in [0.2, 0.25) is 0 Å². The van der Waals surface area contributed by atoms with Crippen LogP contribution in [0.25, 0.3) is 0 Å². The van der Waals surface area contributed by atoms with Crippen molar-refractivity contribution < 1.29 is 14.6 Å². The van der Waals surface area contributed by atoms with Crippen molar-refractivity contribution in [3.8, 4) is 0 Å². The van der Waals surface area contributed by atoms with E-state index < -0.39 is 5.97 Å². The van der Waals surface area contributed by atoms with Gasteiger partial charge < -0.3 is 9.84 Å². The molecule has 4 nitrogen and oxygen atoms in total. The van der Waals surface area contributed by atoms with E-state index in [1.807, 2.05) is 0 Å². The minimum absolute atomic E-state index is 0.117. The van der Waals surface area contributed by atoms with Gasteiger partial charge in [-0.15, -0.1) is 0 Å². The number of carboxylic acids is 1. The van der Waals surface area contributed by atoms with Crippen molar-refractivity contribution in [2.75, 3.05) is 19.6 Å². The highest BCUT2D eigenvalue weighted by molar-refractivity contribution is 5.66. The van der Waals surface area contributed by atoms with Crippen molar-refractivity contribution in [3.05, 3.63) is 0 Å². The van der Waals surface area contributed by atoms with Crippen LogP contribution in [0.2, 0.25) is 0 Å². The van der Waals surface area contributed by atoms with Gasteiger partial charge in [-0.2, -0.15) is 0 Å². The molecule has 100 valence electrons. The normalized spacial score (nSPS) is 23.5. The number of ether oxygens (including phenoxy) is 1. The van der Waals surface area contributed by atoms with Gasteiger partial charge in [0.1, 0.15) is 0 Å². The van der Waals surface area contributed by atoms with E-state index >= 15 is 0 Å². The number of carbonyl (C=O) groups is 1. The van der Waals surface area contributed by atoms with Crippen molar-refractivity contribution >= 4 is 5.97 Å². The molecule has 0 atom stereocenters. The van der Waals surface area contributed by atoms with Crippen LogP contribution in [0.3, 0.4) is 0 Å². The van der Waals surface area contributed by atoms with E-state index in [0.29, 0.717) is 0 Å². The quantitative estimate of drug-likeness (QED) is 0.752. The first kappa shape index (κ1) is 14.5. The Morgan fingerprint density at radius 2 is 1.71 bits per heavy atom. The van der Waals surface area contributed by atoms with Gasteiger partial charge in [-0.25, -0.2) is 0 Å². The second-order valence-corrected chi connectivity index (χ2v) is 6.18. The van der Waals surface area contributed by atoms with Crippen LogP contribution in [0.5, 0.6) is 0 Å². The fourth-order valence-electron chi connectivity index (χ4n) is 2.72. The molecule has 1 rings (SSSR count). The number of morpholine rings is 1. The van der Waals surface area contributed by atoms with Gasteiger partial charge in [-0.05, 0) is 47.1 Å². The Labute approximate surface area is 104 Å². The van der Waals surface area contributed by atoms with Gasteiger partial charge in [0.15, 0.2) is 0 Å². The summed E-state index contributed by atoms with van der Waals surface area (Å²) in [6.45, 7) is 11.2. The molecule has 0 spiro atoms. The van der Waals surface area contributed by atoms with E-state index in [-0.39, 0.29) is 17.6 Å². The van der Waals surface area contributed by atoms with Crippen molar-refractivity contribution in [2.24, 2.45) is 0 Å². The number of hydrogen-bond acceptors (Lipinski definition) is 3. The lowest BCUT2D eigenvalue weighted by atomic mass is 9.98. The lowest BCUT2D eigenvalue weighted by Gasteiger charge is -2.47. The van der Waals surface area contributed by atoms with E-state index in [1.165, 1.54) is 0 Å². The molecule has 4 heteroatoms. The highest BCUT2D eigenvalue weighted by atomic mass is 16.5. The van der Waals surface area contributed by atoms with E-state index in [2.05, 4.69) is 32.6 Å². The largest absolute Gasteiger partial charge is 0.481 e. The zero-order valence-corrected chi connectivity index (χ0v) is 11.5. The van der Waals surface area contributed by atoms with Crippen molar-refractivity contribution in [2.45, 2.75) is 58.2 Å². The molecule has 0 bridgehead atoms. The van der Waals surface area contributed by atoms with Gasteiger partial charge in [-0.3, -0.25) is 9.69 Å². The van der Waals surface area contributed by atoms with E-state index in [9.17, 15) is 4.79 Å². The predicted octanol–water partition coefficient (Wildman–Crippen LogP) is 2.13. The number of rotatable bonds is 5. The zero-order valence-electron chi connectivity index (χ0n) is 11.5. The highest BCUT2D eigenvalue weighted by Crippen LogP contribution is 2.28. The van der Waals surface area contributed by atoms with E-state index in [0.717, 1.165) is 32.5 Å². The molecular formula is C13H25NO3. The molecular weight excluding hydrogens is 218 g/mol. The lowest BCUT2D eigenvalue weighted by Crippen LogP contribution is -2.57. The molecule has 17 heavy (non-hydrogen) atoms. The van der Waals surface area contributed by atoms with Crippen molar-refractivity contribution in [1.29, 1.82) is 0 Å². The molecule has 0 unspecified atom stereocenters. The second-order valence-electron chi connectivity index (χ2n) is 6.18. The average Bonchev–Trinajstić information content (AvgIpc) is 2.06. The Morgan fingerprint density at radius 3 is 2.18 bits per heavy atom. The molecule has 1 fully saturated rings. The van der Waals surface area contributed by atoms with Crippen LogP contribution in [0.1, 0.15) is 47.0 Å². The number of aliphatic carboxylic acids is 1. The molecule has 0 aromatic carbocycles. The summed E-state index contributed by atoms with van der Waals surface area (Å²) >= 11 is 0. The van der Waals surface area contributed by atoms with Crippen LogP contribution in [-0.4, -0.2) is 46.8 Å². The van der Waals surface area contributed by atoms with Gasteiger partial charge in [0.25, 0.3) is 0 Å². The summed E-state index contributed by atoms with van der Waals surface area (Å²) in [5, 5.41) is 8.58. The van der Waals surface area contributed by atoms with Gasteiger partial charge in [-0.1, -0.05) is 0 Å². The summed E-state index contributed by atoms with van der Waals surface area (Å²) in [7, 11) is 0. The van der Waals surface area contributed by atoms with Crippen molar-refractivity contribution in [1.82, 2.24) is 4.90 Å². The van der Waals surface area contributed by atoms with Crippen LogP contribution >= 0.6 is 0 Å². The Bertz CT molecular complexity index is 258. The minimum Gasteiger partial charge on any atom is -0.481 e. The Morgan fingerprint density at radius 1 is 1.18 bits per heavy atom. The maximum Gasteiger partial charge on any atom is 0.303 e. The third kappa shape index (κ3) is 5.50. The standard InChI is InChI=1S/C13H25NO3/c1-12(2)9-14(10-13(3,4)17-12)8-6-5-7-11(15)16/h5-10H2,1-4H3,(H,15,16). The topological polar surface area (TPSA) is 49.8 Å². The molecule has 0 saturated carbocycles. The molecule has 1 aliphatic heterocycles. The molecule has 1 saturated heterocycles. The van der Waals surface area contributed by atoms with Crippen LogP contribution < -0.4 is 0 Å². The Balaban J connectivity index is 2.35. The second kappa shape index (κ2) is 5.36. The van der Waals surface area contributed by atoms with E-state index in [4.69, 9.17) is 9.84 Å². The van der Waals surface area contributed by atoms with E-state index in [1.54, 1.807) is 0 Å². The SMILES string of the molecule is CC1(C)CN(CCCCC(=O)O)CC(C)(C)O1. The minimum atomic E-state index is -0.701. The molecule has 0 radical (unpaired) electrons. The molecule has 1 heterocycles. The number of nitrogens with zero attached hydrogens (tertiary/aromatic N) is 1. The third-order valence-electron chi connectivity index (χ3n) is 2.88. The summed E-state index contributed by atoms with van der Waals surface area (Å²) in [6, 6.07) is 0. The maximum absolute atomic E-state index is 10.4. The molecule has 0 aromatic rings. The number of hydrogen-bond donors (Lipinski definition) is 1. The molecule has 0 aromatic heterocycles. The van der Waals surface area contributed by atoms with Crippen LogP contribution in [0.4, 0.5) is 0 Å². The first-order chi connectivity index (χ1) is 7.70. The van der Waals surface area contributed by atoms with Gasteiger partial charge in [0.05, 0.1) is 11.2 Å². The summed E-state index contributed by atoms with van der Waals surface area (Å²) in [4.78, 5) is 12.8. The average molecular weight is 243 g/mol. The smallest absolute Gasteiger partial charge is 0.303 e. The Kier molecular flexibility index (Phi) is 4.55. The summed E-state index contributed by atoms with van der Waals surface area (Å²) in [5.74, 6) is -0.701. The lowest BCUT2D eigenvalue weighted by molar-refractivity contribution is -0.180.